The second-order valence-electron chi connectivity index (χ2n) is 5.83. The van der Waals surface area contributed by atoms with Crippen molar-refractivity contribution in [1.82, 2.24) is 15.1 Å². The monoisotopic (exact) mass is 298 g/mol. The lowest BCUT2D eigenvalue weighted by atomic mass is 9.95. The molecule has 0 bridgehead atoms. The highest BCUT2D eigenvalue weighted by Crippen LogP contribution is 2.15. The standard InChI is InChI=1S/C13H22N4O4/c1-10(2)4-6-13(3,19)9-14-12(18)8-16-7-5-11(15-16)17(20)21/h5,7,10,19H,4,6,8-9H2,1-3H3,(H,14,18). The molecule has 118 valence electrons. The van der Waals surface area contributed by atoms with Gasteiger partial charge in [-0.25, -0.2) is 0 Å². The molecular weight excluding hydrogens is 276 g/mol. The first-order chi connectivity index (χ1) is 9.69. The van der Waals surface area contributed by atoms with Crippen molar-refractivity contribution >= 4 is 11.7 Å². The van der Waals surface area contributed by atoms with Crippen LogP contribution in [0.2, 0.25) is 0 Å². The molecule has 1 aromatic rings. The van der Waals surface area contributed by atoms with Gasteiger partial charge in [0.1, 0.15) is 6.54 Å². The van der Waals surface area contributed by atoms with Gasteiger partial charge in [-0.3, -0.25) is 4.79 Å². The molecule has 1 amide bonds. The van der Waals surface area contributed by atoms with E-state index in [0.29, 0.717) is 12.3 Å². The van der Waals surface area contributed by atoms with Crippen molar-refractivity contribution in [2.24, 2.45) is 5.92 Å². The molecule has 1 heterocycles. The zero-order valence-electron chi connectivity index (χ0n) is 12.6. The molecule has 0 aromatic carbocycles. The zero-order valence-corrected chi connectivity index (χ0v) is 12.6. The third-order valence-electron chi connectivity index (χ3n) is 3.05. The number of aromatic nitrogens is 2. The second-order valence-corrected chi connectivity index (χ2v) is 5.83. The fraction of sp³-hybridized carbons (Fsp3) is 0.692. The van der Waals surface area contributed by atoms with E-state index in [0.717, 1.165) is 6.42 Å². The van der Waals surface area contributed by atoms with Crippen LogP contribution in [0.15, 0.2) is 12.3 Å². The molecule has 0 aliphatic heterocycles. The molecule has 1 unspecified atom stereocenters. The van der Waals surface area contributed by atoms with Gasteiger partial charge in [-0.1, -0.05) is 13.8 Å². The molecule has 0 fully saturated rings. The normalized spacial score (nSPS) is 14.0. The molecule has 0 saturated heterocycles. The van der Waals surface area contributed by atoms with Crippen LogP contribution < -0.4 is 5.32 Å². The molecule has 0 saturated carbocycles. The first-order valence-corrected chi connectivity index (χ1v) is 6.86. The summed E-state index contributed by atoms with van der Waals surface area (Å²) in [7, 11) is 0. The van der Waals surface area contributed by atoms with Gasteiger partial charge in [0.05, 0.1) is 23.0 Å². The molecule has 0 aliphatic carbocycles. The Bertz CT molecular complexity index is 496. The Kier molecular flexibility index (Phi) is 5.83. The highest BCUT2D eigenvalue weighted by Gasteiger charge is 2.22. The smallest absolute Gasteiger partial charge is 0.388 e. The Balaban J connectivity index is 2.41. The molecule has 0 radical (unpaired) electrons. The largest absolute Gasteiger partial charge is 0.389 e. The summed E-state index contributed by atoms with van der Waals surface area (Å²) in [5, 5.41) is 26.9. The lowest BCUT2D eigenvalue weighted by molar-refractivity contribution is -0.389. The van der Waals surface area contributed by atoms with E-state index in [1.54, 1.807) is 6.92 Å². The molecule has 0 aliphatic rings. The maximum Gasteiger partial charge on any atom is 0.389 e. The first-order valence-electron chi connectivity index (χ1n) is 6.86. The van der Waals surface area contributed by atoms with Crippen LogP contribution in [-0.2, 0) is 11.3 Å². The number of hydrogen-bond acceptors (Lipinski definition) is 5. The Labute approximate surface area is 123 Å². The van der Waals surface area contributed by atoms with Crippen LogP contribution in [0, 0.1) is 16.0 Å². The number of nitrogens with one attached hydrogen (secondary N) is 1. The van der Waals surface area contributed by atoms with E-state index in [9.17, 15) is 20.0 Å². The number of carbonyl (C=O) groups excluding carboxylic acids is 1. The molecule has 1 atom stereocenters. The Hall–Kier alpha value is -1.96. The predicted molar refractivity (Wildman–Crippen MR) is 76.6 cm³/mol. The zero-order chi connectivity index (χ0) is 16.0. The quantitative estimate of drug-likeness (QED) is 0.551. The van der Waals surface area contributed by atoms with Gasteiger partial charge >= 0.3 is 5.82 Å². The first kappa shape index (κ1) is 17.1. The van der Waals surface area contributed by atoms with Crippen molar-refractivity contribution in [1.29, 1.82) is 0 Å². The van der Waals surface area contributed by atoms with E-state index in [4.69, 9.17) is 0 Å². The van der Waals surface area contributed by atoms with E-state index in [1.165, 1.54) is 16.9 Å². The van der Waals surface area contributed by atoms with Gasteiger partial charge in [-0.05, 0) is 30.6 Å². The number of amides is 1. The summed E-state index contributed by atoms with van der Waals surface area (Å²) in [4.78, 5) is 21.6. The van der Waals surface area contributed by atoms with Gasteiger partial charge in [0.25, 0.3) is 0 Å². The summed E-state index contributed by atoms with van der Waals surface area (Å²) in [6.07, 6.45) is 2.83. The van der Waals surface area contributed by atoms with Gasteiger partial charge in [0.2, 0.25) is 5.91 Å². The van der Waals surface area contributed by atoms with Crippen LogP contribution in [0.1, 0.15) is 33.6 Å². The third-order valence-corrected chi connectivity index (χ3v) is 3.05. The van der Waals surface area contributed by atoms with Crippen LogP contribution >= 0.6 is 0 Å². The topological polar surface area (TPSA) is 110 Å². The van der Waals surface area contributed by atoms with Gasteiger partial charge < -0.3 is 20.5 Å². The number of rotatable bonds is 8. The van der Waals surface area contributed by atoms with Crippen LogP contribution in [-0.4, -0.2) is 37.9 Å². The van der Waals surface area contributed by atoms with Crippen LogP contribution in [0.4, 0.5) is 5.82 Å². The van der Waals surface area contributed by atoms with Gasteiger partial charge in [-0.15, -0.1) is 0 Å². The minimum atomic E-state index is -0.962. The molecule has 1 rings (SSSR count). The number of nitro groups is 1. The summed E-state index contributed by atoms with van der Waals surface area (Å²) in [5.74, 6) is -0.165. The van der Waals surface area contributed by atoms with Crippen LogP contribution in [0.25, 0.3) is 0 Å². The Morgan fingerprint density at radius 1 is 1.62 bits per heavy atom. The molecule has 21 heavy (non-hydrogen) atoms. The summed E-state index contributed by atoms with van der Waals surface area (Å²) < 4.78 is 1.19. The van der Waals surface area contributed by atoms with Crippen molar-refractivity contribution < 1.29 is 14.8 Å². The number of nitrogens with zero attached hydrogens (tertiary/aromatic N) is 3. The molecule has 2 N–H and O–H groups in total. The minimum Gasteiger partial charge on any atom is -0.388 e. The number of carbonyl (C=O) groups is 1. The highest BCUT2D eigenvalue weighted by molar-refractivity contribution is 5.75. The van der Waals surface area contributed by atoms with Crippen molar-refractivity contribution in [3.63, 3.8) is 0 Å². The van der Waals surface area contributed by atoms with Crippen molar-refractivity contribution in [2.75, 3.05) is 6.54 Å². The van der Waals surface area contributed by atoms with Crippen LogP contribution in [0.5, 0.6) is 0 Å². The van der Waals surface area contributed by atoms with Crippen molar-refractivity contribution in [2.45, 2.75) is 45.8 Å². The van der Waals surface area contributed by atoms with E-state index < -0.39 is 10.5 Å². The maximum atomic E-state index is 11.7. The van der Waals surface area contributed by atoms with Gasteiger partial charge in [0.15, 0.2) is 0 Å². The van der Waals surface area contributed by atoms with Crippen molar-refractivity contribution in [3.05, 3.63) is 22.4 Å². The highest BCUT2D eigenvalue weighted by atomic mass is 16.6. The summed E-state index contributed by atoms with van der Waals surface area (Å²) in [6, 6.07) is 1.23. The summed E-state index contributed by atoms with van der Waals surface area (Å²) in [6.45, 7) is 5.84. The lowest BCUT2D eigenvalue weighted by Crippen LogP contribution is -2.42. The number of hydrogen-bond donors (Lipinski definition) is 2. The third kappa shape index (κ3) is 6.35. The summed E-state index contributed by atoms with van der Waals surface area (Å²) >= 11 is 0. The van der Waals surface area contributed by atoms with E-state index in [2.05, 4.69) is 24.3 Å². The minimum absolute atomic E-state index is 0.117. The van der Waals surface area contributed by atoms with Crippen molar-refractivity contribution in [3.8, 4) is 0 Å². The SMILES string of the molecule is CC(C)CCC(C)(O)CNC(=O)Cn1ccc([N+](=O)[O-])n1. The molecule has 0 spiro atoms. The Morgan fingerprint density at radius 2 is 2.29 bits per heavy atom. The Morgan fingerprint density at radius 3 is 2.81 bits per heavy atom. The average Bonchev–Trinajstić information content (AvgIpc) is 2.83. The predicted octanol–water partition coefficient (Wildman–Crippen LogP) is 1.09. The molecule has 8 heteroatoms. The second kappa shape index (κ2) is 7.16. The summed E-state index contributed by atoms with van der Waals surface area (Å²) in [5.41, 5.74) is -0.962. The fourth-order valence-corrected chi connectivity index (χ4v) is 1.72. The van der Waals surface area contributed by atoms with E-state index in [-0.39, 0.29) is 24.8 Å². The van der Waals surface area contributed by atoms with Gasteiger partial charge in [0, 0.05) is 6.54 Å². The average molecular weight is 298 g/mol. The maximum absolute atomic E-state index is 11.7. The van der Waals surface area contributed by atoms with E-state index in [1.807, 2.05) is 0 Å². The fourth-order valence-electron chi connectivity index (χ4n) is 1.72. The van der Waals surface area contributed by atoms with Gasteiger partial charge in [-0.2, -0.15) is 4.68 Å². The number of aliphatic hydroxyl groups is 1. The molecule has 8 nitrogen and oxygen atoms in total. The van der Waals surface area contributed by atoms with E-state index >= 15 is 0 Å². The molecule has 1 aromatic heterocycles. The molecular formula is C13H22N4O4. The van der Waals surface area contributed by atoms with Crippen LogP contribution in [0.3, 0.4) is 0 Å². The lowest BCUT2D eigenvalue weighted by Gasteiger charge is -2.24.